The van der Waals surface area contributed by atoms with E-state index in [1.165, 1.54) is 44.9 Å². The van der Waals surface area contributed by atoms with Crippen LogP contribution in [0.1, 0.15) is 44.9 Å². The molecular weight excluding hydrogens is 184 g/mol. The Labute approximate surface area is 83.0 Å². The summed E-state index contributed by atoms with van der Waals surface area (Å²) in [5, 5.41) is 0.850. The van der Waals surface area contributed by atoms with Crippen molar-refractivity contribution in [2.24, 2.45) is 0 Å². The van der Waals surface area contributed by atoms with Crippen LogP contribution in [-0.4, -0.2) is 5.25 Å². The van der Waals surface area contributed by atoms with Crippen LogP contribution < -0.4 is 0 Å². The van der Waals surface area contributed by atoms with Crippen LogP contribution in [-0.2, 0) is 0 Å². The Morgan fingerprint density at radius 2 is 1.92 bits per heavy atom. The highest BCUT2D eigenvalue weighted by Gasteiger charge is 2.17. The van der Waals surface area contributed by atoms with Crippen LogP contribution in [0.3, 0.4) is 0 Å². The van der Waals surface area contributed by atoms with Crippen molar-refractivity contribution in [1.82, 2.24) is 0 Å². The molecule has 0 radical (unpaired) electrons. The summed E-state index contributed by atoms with van der Waals surface area (Å²) in [4.78, 5) is 1.66. The highest BCUT2D eigenvalue weighted by Crippen LogP contribution is 2.46. The Bertz CT molecular complexity index is 175. The van der Waals surface area contributed by atoms with Gasteiger partial charge in [-0.05, 0) is 24.2 Å². The molecule has 0 aromatic rings. The Kier molecular flexibility index (Phi) is 3.47. The highest BCUT2D eigenvalue weighted by molar-refractivity contribution is 8.78. The van der Waals surface area contributed by atoms with Crippen molar-refractivity contribution in [3.8, 4) is 0 Å². The molecule has 1 aliphatic heterocycles. The SMILES string of the molecule is C1=C2CCCCCCCC1SS2. The molecule has 12 heavy (non-hydrogen) atoms. The van der Waals surface area contributed by atoms with Crippen molar-refractivity contribution in [2.75, 3.05) is 0 Å². The van der Waals surface area contributed by atoms with E-state index in [0.29, 0.717) is 0 Å². The number of rotatable bonds is 0. The second kappa shape index (κ2) is 4.61. The van der Waals surface area contributed by atoms with Gasteiger partial charge in [0.15, 0.2) is 0 Å². The molecule has 68 valence electrons. The van der Waals surface area contributed by atoms with E-state index in [1.807, 2.05) is 10.8 Å². The summed E-state index contributed by atoms with van der Waals surface area (Å²) in [6, 6.07) is 0. The number of hydrogen-bond donors (Lipinski definition) is 0. The van der Waals surface area contributed by atoms with Crippen molar-refractivity contribution in [1.29, 1.82) is 0 Å². The summed E-state index contributed by atoms with van der Waals surface area (Å²) in [5.41, 5.74) is 0. The smallest absolute Gasteiger partial charge is 0.0345 e. The molecule has 0 aromatic carbocycles. The van der Waals surface area contributed by atoms with Gasteiger partial charge in [0.1, 0.15) is 0 Å². The van der Waals surface area contributed by atoms with Crippen LogP contribution >= 0.6 is 21.6 Å². The van der Waals surface area contributed by atoms with Crippen LogP contribution in [0.2, 0.25) is 0 Å². The van der Waals surface area contributed by atoms with Crippen molar-refractivity contribution < 1.29 is 0 Å². The molecule has 0 N–H and O–H groups in total. The summed E-state index contributed by atoms with van der Waals surface area (Å²) in [6.45, 7) is 0. The van der Waals surface area contributed by atoms with Crippen molar-refractivity contribution in [3.63, 3.8) is 0 Å². The van der Waals surface area contributed by atoms with Gasteiger partial charge in [0.2, 0.25) is 0 Å². The van der Waals surface area contributed by atoms with E-state index in [0.717, 1.165) is 5.25 Å². The van der Waals surface area contributed by atoms with Crippen molar-refractivity contribution in [2.45, 2.75) is 50.2 Å². The van der Waals surface area contributed by atoms with Gasteiger partial charge in [0, 0.05) is 5.25 Å². The van der Waals surface area contributed by atoms with Gasteiger partial charge >= 0.3 is 0 Å². The standard InChI is InChI=1S/C10H16S2/c1-2-4-6-9-8-10(12-11-9)7-5-3-1/h8-9H,1-7H2. The highest BCUT2D eigenvalue weighted by atomic mass is 33.1. The zero-order chi connectivity index (χ0) is 8.23. The molecule has 0 nitrogen and oxygen atoms in total. The molecule has 1 aliphatic carbocycles. The van der Waals surface area contributed by atoms with E-state index in [9.17, 15) is 0 Å². The molecule has 0 aromatic heterocycles. The van der Waals surface area contributed by atoms with Gasteiger partial charge < -0.3 is 0 Å². The van der Waals surface area contributed by atoms with Crippen LogP contribution in [0.5, 0.6) is 0 Å². The van der Waals surface area contributed by atoms with Gasteiger partial charge in [0.05, 0.1) is 0 Å². The number of fused-ring (bicyclic) bond motifs is 1. The van der Waals surface area contributed by atoms with Crippen molar-refractivity contribution in [3.05, 3.63) is 11.0 Å². The lowest BCUT2D eigenvalue weighted by Crippen LogP contribution is -1.94. The summed E-state index contributed by atoms with van der Waals surface area (Å²) in [5.74, 6) is 0. The molecular formula is C10H16S2. The van der Waals surface area contributed by atoms with E-state index in [2.05, 4.69) is 16.9 Å². The largest absolute Gasteiger partial charge is 0.0816 e. The minimum Gasteiger partial charge on any atom is -0.0816 e. The first kappa shape index (κ1) is 9.01. The molecule has 1 unspecified atom stereocenters. The fraction of sp³-hybridized carbons (Fsp3) is 0.800. The molecule has 0 saturated carbocycles. The van der Waals surface area contributed by atoms with Gasteiger partial charge in [-0.1, -0.05) is 53.3 Å². The van der Waals surface area contributed by atoms with E-state index in [1.54, 1.807) is 4.91 Å². The van der Waals surface area contributed by atoms with E-state index < -0.39 is 0 Å². The maximum Gasteiger partial charge on any atom is 0.0345 e. The summed E-state index contributed by atoms with van der Waals surface area (Å²) >= 11 is 0. The second-order valence-electron chi connectivity index (χ2n) is 3.66. The monoisotopic (exact) mass is 200 g/mol. The molecule has 0 amide bonds. The normalized spacial score (nSPS) is 31.3. The molecule has 2 aliphatic rings. The quantitative estimate of drug-likeness (QED) is 0.532. The Hall–Kier alpha value is 0.440. The van der Waals surface area contributed by atoms with Gasteiger partial charge in [-0.25, -0.2) is 0 Å². The zero-order valence-corrected chi connectivity index (χ0v) is 9.05. The van der Waals surface area contributed by atoms with Gasteiger partial charge in [-0.3, -0.25) is 0 Å². The third kappa shape index (κ3) is 2.46. The van der Waals surface area contributed by atoms with Crippen molar-refractivity contribution >= 4 is 21.6 Å². The van der Waals surface area contributed by atoms with Crippen LogP contribution in [0.15, 0.2) is 11.0 Å². The minimum absolute atomic E-state index is 0.850. The lowest BCUT2D eigenvalue weighted by atomic mass is 10.0. The van der Waals surface area contributed by atoms with Crippen LogP contribution in [0.4, 0.5) is 0 Å². The maximum atomic E-state index is 2.51. The van der Waals surface area contributed by atoms with Crippen LogP contribution in [0, 0.1) is 0 Å². The molecule has 2 bridgehead atoms. The van der Waals surface area contributed by atoms with Crippen LogP contribution in [0.25, 0.3) is 0 Å². The second-order valence-corrected chi connectivity index (χ2v) is 6.22. The first-order chi connectivity index (χ1) is 5.95. The Morgan fingerprint density at radius 1 is 1.08 bits per heavy atom. The number of hydrogen-bond acceptors (Lipinski definition) is 2. The van der Waals surface area contributed by atoms with E-state index in [-0.39, 0.29) is 0 Å². The Morgan fingerprint density at radius 3 is 2.92 bits per heavy atom. The van der Waals surface area contributed by atoms with E-state index >= 15 is 0 Å². The van der Waals surface area contributed by atoms with Gasteiger partial charge in [-0.15, -0.1) is 0 Å². The third-order valence-electron chi connectivity index (χ3n) is 2.56. The van der Waals surface area contributed by atoms with E-state index in [4.69, 9.17) is 0 Å². The van der Waals surface area contributed by atoms with Gasteiger partial charge in [0.25, 0.3) is 0 Å². The first-order valence-corrected chi connectivity index (χ1v) is 7.20. The van der Waals surface area contributed by atoms with Gasteiger partial charge in [-0.2, -0.15) is 0 Å². The predicted octanol–water partition coefficient (Wildman–Crippen LogP) is 4.38. The predicted molar refractivity (Wildman–Crippen MR) is 59.4 cm³/mol. The average Bonchev–Trinajstić information content (AvgIpc) is 2.51. The molecule has 0 fully saturated rings. The lowest BCUT2D eigenvalue weighted by Gasteiger charge is -2.06. The summed E-state index contributed by atoms with van der Waals surface area (Å²) in [7, 11) is 4.12. The summed E-state index contributed by atoms with van der Waals surface area (Å²) in [6.07, 6.45) is 12.5. The lowest BCUT2D eigenvalue weighted by molar-refractivity contribution is 0.595. The summed E-state index contributed by atoms with van der Waals surface area (Å²) < 4.78 is 0. The molecule has 0 saturated heterocycles. The minimum atomic E-state index is 0.850. The molecule has 1 heterocycles. The molecule has 2 heteroatoms. The average molecular weight is 200 g/mol. The zero-order valence-electron chi connectivity index (χ0n) is 7.42. The first-order valence-electron chi connectivity index (χ1n) is 4.99. The maximum absolute atomic E-state index is 2.51. The number of allylic oxidation sites excluding steroid dienone is 1. The molecule has 0 spiro atoms. The molecule has 1 atom stereocenters. The topological polar surface area (TPSA) is 0 Å². The fourth-order valence-corrected chi connectivity index (χ4v) is 4.70. The molecule has 2 rings (SSSR count). The fourth-order valence-electron chi connectivity index (χ4n) is 1.82. The Balaban J connectivity index is 1.92. The third-order valence-corrected chi connectivity index (χ3v) is 5.50.